The van der Waals surface area contributed by atoms with Crippen LogP contribution in [-0.2, 0) is 6.42 Å². The van der Waals surface area contributed by atoms with Crippen LogP contribution in [0.25, 0.3) is 10.9 Å². The molecular formula is C13H14N2. The zero-order valence-electron chi connectivity index (χ0n) is 8.59. The molecule has 0 bridgehead atoms. The average molecular weight is 198 g/mol. The lowest BCUT2D eigenvalue weighted by molar-refractivity contribution is 0.837. The van der Waals surface area contributed by atoms with Crippen molar-refractivity contribution in [2.45, 2.75) is 6.42 Å². The second-order valence-electron chi connectivity index (χ2n) is 3.41. The van der Waals surface area contributed by atoms with Gasteiger partial charge in [-0.3, -0.25) is 0 Å². The first-order valence-electron chi connectivity index (χ1n) is 5.04. The summed E-state index contributed by atoms with van der Waals surface area (Å²) in [5.74, 6) is 0. The van der Waals surface area contributed by atoms with Crippen LogP contribution in [-0.4, -0.2) is 11.5 Å². The molecule has 1 heterocycles. The van der Waals surface area contributed by atoms with Gasteiger partial charge in [-0.2, -0.15) is 0 Å². The molecule has 0 atom stereocenters. The van der Waals surface area contributed by atoms with Crippen LogP contribution in [0.5, 0.6) is 0 Å². The van der Waals surface area contributed by atoms with Crippen LogP contribution in [0.1, 0.15) is 5.56 Å². The molecule has 0 amide bonds. The molecule has 0 aliphatic heterocycles. The Balaban J connectivity index is 2.11. The zero-order chi connectivity index (χ0) is 10.5. The molecule has 0 saturated carbocycles. The second-order valence-corrected chi connectivity index (χ2v) is 3.41. The monoisotopic (exact) mass is 198 g/mol. The molecule has 0 fully saturated rings. The second kappa shape index (κ2) is 4.54. The van der Waals surface area contributed by atoms with Crippen molar-refractivity contribution in [2.75, 3.05) is 6.54 Å². The Morgan fingerprint density at radius 2 is 2.27 bits per heavy atom. The maximum absolute atomic E-state index is 3.50. The number of rotatable bonds is 4. The maximum atomic E-state index is 3.50. The SMILES string of the molecule is C=C=CNCCc1c[nH]c2ccccc12. The van der Waals surface area contributed by atoms with E-state index in [1.54, 1.807) is 6.20 Å². The molecular weight excluding hydrogens is 184 g/mol. The van der Waals surface area contributed by atoms with E-state index in [2.05, 4.69) is 47.0 Å². The summed E-state index contributed by atoms with van der Waals surface area (Å²) in [6, 6.07) is 8.35. The van der Waals surface area contributed by atoms with E-state index in [9.17, 15) is 0 Å². The molecule has 76 valence electrons. The van der Waals surface area contributed by atoms with Gasteiger partial charge >= 0.3 is 0 Å². The molecule has 0 saturated heterocycles. The molecule has 0 aliphatic rings. The van der Waals surface area contributed by atoms with Gasteiger partial charge < -0.3 is 10.3 Å². The first kappa shape index (κ1) is 9.63. The summed E-state index contributed by atoms with van der Waals surface area (Å²) in [4.78, 5) is 3.26. The Hall–Kier alpha value is -1.92. The van der Waals surface area contributed by atoms with E-state index in [0.29, 0.717) is 0 Å². The van der Waals surface area contributed by atoms with Crippen LogP contribution >= 0.6 is 0 Å². The Kier molecular flexibility index (Phi) is 2.91. The summed E-state index contributed by atoms with van der Waals surface area (Å²) in [7, 11) is 0. The minimum atomic E-state index is 0.907. The molecule has 0 aliphatic carbocycles. The fraction of sp³-hybridized carbons (Fsp3) is 0.154. The first-order chi connectivity index (χ1) is 7.42. The Morgan fingerprint density at radius 3 is 3.13 bits per heavy atom. The van der Waals surface area contributed by atoms with Gasteiger partial charge in [-0.15, -0.1) is 5.73 Å². The van der Waals surface area contributed by atoms with Crippen LogP contribution in [0.3, 0.4) is 0 Å². The Morgan fingerprint density at radius 1 is 1.40 bits per heavy atom. The van der Waals surface area contributed by atoms with Crippen molar-refractivity contribution in [1.29, 1.82) is 0 Å². The van der Waals surface area contributed by atoms with Crippen molar-refractivity contribution in [3.05, 3.63) is 54.5 Å². The number of para-hydroxylation sites is 1. The highest BCUT2D eigenvalue weighted by Gasteiger charge is 2.00. The van der Waals surface area contributed by atoms with Gasteiger partial charge in [-0.25, -0.2) is 0 Å². The van der Waals surface area contributed by atoms with Gasteiger partial charge in [-0.05, 0) is 18.1 Å². The third kappa shape index (κ3) is 2.12. The summed E-state index contributed by atoms with van der Waals surface area (Å²) in [5, 5.41) is 4.43. The normalized spacial score (nSPS) is 9.87. The van der Waals surface area contributed by atoms with Gasteiger partial charge in [0.05, 0.1) is 0 Å². The van der Waals surface area contributed by atoms with Crippen LogP contribution in [0.15, 0.2) is 49.0 Å². The summed E-state index contributed by atoms with van der Waals surface area (Å²) in [5.41, 5.74) is 5.23. The van der Waals surface area contributed by atoms with Gasteiger partial charge in [0.2, 0.25) is 0 Å². The van der Waals surface area contributed by atoms with Crippen LogP contribution in [0.2, 0.25) is 0 Å². The van der Waals surface area contributed by atoms with E-state index in [4.69, 9.17) is 0 Å². The topological polar surface area (TPSA) is 27.8 Å². The number of benzene rings is 1. The molecule has 1 aromatic heterocycles. The van der Waals surface area contributed by atoms with E-state index in [1.807, 2.05) is 6.07 Å². The van der Waals surface area contributed by atoms with E-state index in [-0.39, 0.29) is 0 Å². The number of aromatic amines is 1. The predicted octanol–water partition coefficient (Wildman–Crippen LogP) is 2.60. The lowest BCUT2D eigenvalue weighted by Gasteiger charge is -1.98. The Bertz CT molecular complexity index is 490. The smallest absolute Gasteiger partial charge is 0.0456 e. The highest BCUT2D eigenvalue weighted by atomic mass is 14.8. The van der Waals surface area contributed by atoms with E-state index in [0.717, 1.165) is 13.0 Å². The van der Waals surface area contributed by atoms with Gasteiger partial charge in [-0.1, -0.05) is 24.8 Å². The molecule has 2 rings (SSSR count). The van der Waals surface area contributed by atoms with Gasteiger partial charge in [0.25, 0.3) is 0 Å². The zero-order valence-corrected chi connectivity index (χ0v) is 8.59. The molecule has 0 spiro atoms. The van der Waals surface area contributed by atoms with Crippen molar-refractivity contribution in [3.8, 4) is 0 Å². The Labute approximate surface area is 89.3 Å². The highest BCUT2D eigenvalue weighted by molar-refractivity contribution is 5.83. The van der Waals surface area contributed by atoms with Crippen LogP contribution < -0.4 is 5.32 Å². The number of H-pyrrole nitrogens is 1. The number of hydrogen-bond acceptors (Lipinski definition) is 1. The van der Waals surface area contributed by atoms with E-state index in [1.165, 1.54) is 16.5 Å². The van der Waals surface area contributed by atoms with Gasteiger partial charge in [0, 0.05) is 29.8 Å². The fourth-order valence-electron chi connectivity index (χ4n) is 1.69. The minimum absolute atomic E-state index is 0.907. The molecule has 1 aromatic carbocycles. The van der Waals surface area contributed by atoms with Crippen LogP contribution in [0.4, 0.5) is 0 Å². The van der Waals surface area contributed by atoms with Crippen molar-refractivity contribution >= 4 is 10.9 Å². The molecule has 15 heavy (non-hydrogen) atoms. The molecule has 0 radical (unpaired) electrons. The van der Waals surface area contributed by atoms with Crippen molar-refractivity contribution in [3.63, 3.8) is 0 Å². The average Bonchev–Trinajstić information content (AvgIpc) is 2.68. The third-order valence-electron chi connectivity index (χ3n) is 2.42. The largest absolute Gasteiger partial charge is 0.384 e. The van der Waals surface area contributed by atoms with E-state index < -0.39 is 0 Å². The third-order valence-corrected chi connectivity index (χ3v) is 2.42. The number of fused-ring (bicyclic) bond motifs is 1. The lowest BCUT2D eigenvalue weighted by Crippen LogP contribution is -2.08. The number of aromatic nitrogens is 1. The number of hydrogen-bond donors (Lipinski definition) is 2. The van der Waals surface area contributed by atoms with Crippen molar-refractivity contribution in [2.24, 2.45) is 0 Å². The predicted molar refractivity (Wildman–Crippen MR) is 63.7 cm³/mol. The van der Waals surface area contributed by atoms with Crippen molar-refractivity contribution < 1.29 is 0 Å². The molecule has 2 aromatic rings. The molecule has 2 heteroatoms. The molecule has 2 nitrogen and oxygen atoms in total. The standard InChI is InChI=1S/C13H14N2/c1-2-8-14-9-7-11-10-15-13-6-4-3-5-12(11)13/h3-6,8,10,14-15H,1,7,9H2. The summed E-state index contributed by atoms with van der Waals surface area (Å²) in [6.07, 6.45) is 4.82. The summed E-state index contributed by atoms with van der Waals surface area (Å²) >= 11 is 0. The lowest BCUT2D eigenvalue weighted by atomic mass is 10.1. The van der Waals surface area contributed by atoms with E-state index >= 15 is 0 Å². The van der Waals surface area contributed by atoms with Gasteiger partial charge in [0.15, 0.2) is 0 Å². The minimum Gasteiger partial charge on any atom is -0.384 e. The maximum Gasteiger partial charge on any atom is 0.0456 e. The molecule has 2 N–H and O–H groups in total. The first-order valence-corrected chi connectivity index (χ1v) is 5.04. The highest BCUT2D eigenvalue weighted by Crippen LogP contribution is 2.17. The summed E-state index contributed by atoms with van der Waals surface area (Å²) in [6.45, 7) is 4.40. The molecule has 0 unspecified atom stereocenters. The number of nitrogens with one attached hydrogen (secondary N) is 2. The fourth-order valence-corrected chi connectivity index (χ4v) is 1.69. The summed E-state index contributed by atoms with van der Waals surface area (Å²) < 4.78 is 0. The quantitative estimate of drug-likeness (QED) is 0.573. The van der Waals surface area contributed by atoms with Crippen molar-refractivity contribution in [1.82, 2.24) is 10.3 Å². The van der Waals surface area contributed by atoms with Crippen LogP contribution in [0, 0.1) is 0 Å². The van der Waals surface area contributed by atoms with Gasteiger partial charge in [0.1, 0.15) is 0 Å².